The zero-order valence-electron chi connectivity index (χ0n) is 10.1. The lowest BCUT2D eigenvalue weighted by Gasteiger charge is -2.22. The molecule has 1 aromatic carbocycles. The molecule has 96 valence electrons. The van der Waals surface area contributed by atoms with E-state index in [1.165, 1.54) is 12.1 Å². The monoisotopic (exact) mass is 249 g/mol. The Labute approximate surface area is 104 Å². The minimum atomic E-state index is -0.308. The lowest BCUT2D eigenvalue weighted by molar-refractivity contribution is 0.337. The molecule has 0 spiro atoms. The average Bonchev–Trinajstić information content (AvgIpc) is 2.67. The number of piperidine rings is 1. The summed E-state index contributed by atoms with van der Waals surface area (Å²) in [6.45, 7) is 2.62. The maximum absolute atomic E-state index is 13.3. The predicted molar refractivity (Wildman–Crippen MR) is 68.1 cm³/mol. The largest absolute Gasteiger partial charge is 0.326 e. The highest BCUT2D eigenvalue weighted by molar-refractivity contribution is 5.75. The first-order chi connectivity index (χ1) is 8.74. The molecule has 1 saturated heterocycles. The van der Waals surface area contributed by atoms with Crippen molar-refractivity contribution in [1.29, 1.82) is 0 Å². The molecule has 1 aliphatic heterocycles. The molecule has 3 rings (SSSR count). The van der Waals surface area contributed by atoms with Gasteiger partial charge in [-0.15, -0.1) is 0 Å². The molecule has 2 aromatic rings. The molecule has 18 heavy (non-hydrogen) atoms. The van der Waals surface area contributed by atoms with Gasteiger partial charge in [0.25, 0.3) is 0 Å². The summed E-state index contributed by atoms with van der Waals surface area (Å²) in [5.74, 6) is 0.135. The van der Waals surface area contributed by atoms with Crippen molar-refractivity contribution in [2.75, 3.05) is 13.1 Å². The highest BCUT2D eigenvalue weighted by Gasteiger charge is 2.16. The second kappa shape index (κ2) is 4.57. The Bertz CT molecular complexity index is 610. The van der Waals surface area contributed by atoms with E-state index >= 15 is 0 Å². The van der Waals surface area contributed by atoms with Gasteiger partial charge in [-0.3, -0.25) is 4.57 Å². The summed E-state index contributed by atoms with van der Waals surface area (Å²) in [7, 11) is 0. The zero-order chi connectivity index (χ0) is 12.5. The van der Waals surface area contributed by atoms with Crippen LogP contribution < -0.4 is 11.0 Å². The predicted octanol–water partition coefficient (Wildman–Crippen LogP) is 1.47. The Morgan fingerprint density at radius 3 is 3.11 bits per heavy atom. The van der Waals surface area contributed by atoms with Gasteiger partial charge in [-0.2, -0.15) is 0 Å². The normalized spacial score (nSPS) is 20.4. The number of H-pyrrole nitrogens is 1. The van der Waals surface area contributed by atoms with E-state index in [2.05, 4.69) is 10.3 Å². The van der Waals surface area contributed by atoms with Crippen LogP contribution >= 0.6 is 0 Å². The molecule has 2 heterocycles. The fourth-order valence-corrected chi connectivity index (χ4v) is 2.65. The van der Waals surface area contributed by atoms with Crippen molar-refractivity contribution in [1.82, 2.24) is 14.9 Å². The fraction of sp³-hybridized carbons (Fsp3) is 0.462. The summed E-state index contributed by atoms with van der Waals surface area (Å²) in [4.78, 5) is 14.7. The topological polar surface area (TPSA) is 49.8 Å². The van der Waals surface area contributed by atoms with E-state index < -0.39 is 0 Å². The Morgan fingerprint density at radius 1 is 1.44 bits per heavy atom. The summed E-state index contributed by atoms with van der Waals surface area (Å²) in [5.41, 5.74) is 1.21. The fourth-order valence-electron chi connectivity index (χ4n) is 2.65. The van der Waals surface area contributed by atoms with E-state index in [-0.39, 0.29) is 11.5 Å². The smallest absolute Gasteiger partial charge is 0.316 e. The van der Waals surface area contributed by atoms with Crippen LogP contribution in [0.25, 0.3) is 11.0 Å². The summed E-state index contributed by atoms with van der Waals surface area (Å²) in [6.07, 6.45) is 2.25. The summed E-state index contributed by atoms with van der Waals surface area (Å²) in [6, 6.07) is 4.40. The molecule has 1 atom stereocenters. The van der Waals surface area contributed by atoms with E-state index in [1.807, 2.05) is 0 Å². The highest BCUT2D eigenvalue weighted by atomic mass is 19.1. The van der Waals surface area contributed by atoms with Crippen LogP contribution in [-0.4, -0.2) is 22.6 Å². The molecule has 2 N–H and O–H groups in total. The molecule has 0 radical (unpaired) electrons. The molecule has 1 aliphatic rings. The minimum absolute atomic E-state index is 0.152. The van der Waals surface area contributed by atoms with Crippen LogP contribution in [0, 0.1) is 11.7 Å². The van der Waals surface area contributed by atoms with Gasteiger partial charge in [0.1, 0.15) is 5.82 Å². The van der Waals surface area contributed by atoms with Crippen LogP contribution in [0.15, 0.2) is 23.0 Å². The number of benzene rings is 1. The first-order valence-electron chi connectivity index (χ1n) is 6.33. The number of imidazole rings is 1. The molecule has 0 aliphatic carbocycles. The first-order valence-corrected chi connectivity index (χ1v) is 6.33. The second-order valence-corrected chi connectivity index (χ2v) is 4.91. The van der Waals surface area contributed by atoms with Crippen LogP contribution in [0.1, 0.15) is 12.8 Å². The number of rotatable bonds is 2. The SMILES string of the molecule is O=c1[nH]c2ccc(F)cc2n1CC1CCCNC1. The van der Waals surface area contributed by atoms with Crippen molar-refractivity contribution in [2.45, 2.75) is 19.4 Å². The number of aromatic amines is 1. The molecule has 5 heteroatoms. The number of aromatic nitrogens is 2. The van der Waals surface area contributed by atoms with Gasteiger partial charge in [-0.05, 0) is 50.0 Å². The van der Waals surface area contributed by atoms with Crippen molar-refractivity contribution in [3.63, 3.8) is 0 Å². The Kier molecular flexibility index (Phi) is 2.91. The van der Waals surface area contributed by atoms with E-state index in [9.17, 15) is 9.18 Å². The Morgan fingerprint density at radius 2 is 2.33 bits per heavy atom. The van der Waals surface area contributed by atoms with Gasteiger partial charge in [0.2, 0.25) is 0 Å². The molecule has 0 bridgehead atoms. The number of nitrogens with zero attached hydrogens (tertiary/aromatic N) is 1. The van der Waals surface area contributed by atoms with Gasteiger partial charge in [0.15, 0.2) is 0 Å². The zero-order valence-corrected chi connectivity index (χ0v) is 10.1. The minimum Gasteiger partial charge on any atom is -0.316 e. The maximum Gasteiger partial charge on any atom is 0.326 e. The van der Waals surface area contributed by atoms with Gasteiger partial charge in [-0.1, -0.05) is 0 Å². The van der Waals surface area contributed by atoms with Crippen LogP contribution in [0.5, 0.6) is 0 Å². The van der Waals surface area contributed by atoms with E-state index in [4.69, 9.17) is 0 Å². The second-order valence-electron chi connectivity index (χ2n) is 4.91. The van der Waals surface area contributed by atoms with E-state index in [0.717, 1.165) is 25.9 Å². The molecular formula is C13H16FN3O. The van der Waals surface area contributed by atoms with E-state index in [1.54, 1.807) is 10.6 Å². The quantitative estimate of drug-likeness (QED) is 0.846. The third-order valence-electron chi connectivity index (χ3n) is 3.58. The number of hydrogen-bond donors (Lipinski definition) is 2. The third kappa shape index (κ3) is 2.06. The van der Waals surface area contributed by atoms with Crippen molar-refractivity contribution in [2.24, 2.45) is 5.92 Å². The Hall–Kier alpha value is -1.62. The van der Waals surface area contributed by atoms with Gasteiger partial charge >= 0.3 is 5.69 Å². The molecular weight excluding hydrogens is 233 g/mol. The third-order valence-corrected chi connectivity index (χ3v) is 3.58. The first kappa shape index (κ1) is 11.5. The van der Waals surface area contributed by atoms with Crippen molar-refractivity contribution in [3.8, 4) is 0 Å². The number of hydrogen-bond acceptors (Lipinski definition) is 2. The lowest BCUT2D eigenvalue weighted by atomic mass is 10.00. The molecule has 1 fully saturated rings. The van der Waals surface area contributed by atoms with Crippen molar-refractivity contribution >= 4 is 11.0 Å². The molecule has 1 unspecified atom stereocenters. The van der Waals surface area contributed by atoms with Crippen LogP contribution in [0.2, 0.25) is 0 Å². The van der Waals surface area contributed by atoms with E-state index in [0.29, 0.717) is 23.5 Å². The van der Waals surface area contributed by atoms with Crippen molar-refractivity contribution < 1.29 is 4.39 Å². The molecule has 0 amide bonds. The van der Waals surface area contributed by atoms with Gasteiger partial charge in [0.05, 0.1) is 11.0 Å². The highest BCUT2D eigenvalue weighted by Crippen LogP contribution is 2.16. The number of halogens is 1. The standard InChI is InChI=1S/C13H16FN3O/c14-10-3-4-11-12(6-10)17(13(18)16-11)8-9-2-1-5-15-7-9/h3-4,6,9,15H,1-2,5,7-8H2,(H,16,18). The summed E-state index contributed by atoms with van der Waals surface area (Å²) < 4.78 is 14.9. The summed E-state index contributed by atoms with van der Waals surface area (Å²) >= 11 is 0. The lowest BCUT2D eigenvalue weighted by Crippen LogP contribution is -2.34. The van der Waals surface area contributed by atoms with Crippen molar-refractivity contribution in [3.05, 3.63) is 34.5 Å². The van der Waals surface area contributed by atoms with Gasteiger partial charge < -0.3 is 10.3 Å². The number of fused-ring (bicyclic) bond motifs is 1. The molecule has 1 aromatic heterocycles. The maximum atomic E-state index is 13.3. The molecule has 4 nitrogen and oxygen atoms in total. The van der Waals surface area contributed by atoms with Crippen LogP contribution in [0.4, 0.5) is 4.39 Å². The number of nitrogens with one attached hydrogen (secondary N) is 2. The Balaban J connectivity index is 1.97. The van der Waals surface area contributed by atoms with Gasteiger partial charge in [0, 0.05) is 6.54 Å². The summed E-state index contributed by atoms with van der Waals surface area (Å²) in [5, 5.41) is 3.33. The average molecular weight is 249 g/mol. The van der Waals surface area contributed by atoms with Crippen LogP contribution in [-0.2, 0) is 6.54 Å². The molecule has 0 saturated carbocycles. The van der Waals surface area contributed by atoms with Gasteiger partial charge in [-0.25, -0.2) is 9.18 Å². The van der Waals surface area contributed by atoms with Crippen LogP contribution in [0.3, 0.4) is 0 Å².